The molecule has 2 atom stereocenters. The fourth-order valence-electron chi connectivity index (χ4n) is 3.94. The van der Waals surface area contributed by atoms with Crippen LogP contribution < -0.4 is 5.32 Å². The molecule has 0 fully saturated rings. The van der Waals surface area contributed by atoms with Crippen LogP contribution in [0.25, 0.3) is 11.1 Å². The van der Waals surface area contributed by atoms with E-state index in [2.05, 4.69) is 37.2 Å². The Kier molecular flexibility index (Phi) is 7.08. The molecule has 0 saturated heterocycles. The largest absolute Gasteiger partial charge is 0.309 e. The van der Waals surface area contributed by atoms with Crippen LogP contribution in [0.5, 0.6) is 0 Å². The highest BCUT2D eigenvalue weighted by atomic mass is 16.2. The summed E-state index contributed by atoms with van der Waals surface area (Å²) in [6, 6.07) is 13.1. The first-order chi connectivity index (χ1) is 16.4. The van der Waals surface area contributed by atoms with Crippen LogP contribution in [0.15, 0.2) is 73.4 Å². The van der Waals surface area contributed by atoms with Crippen molar-refractivity contribution in [2.24, 2.45) is 7.05 Å². The highest BCUT2D eigenvalue weighted by molar-refractivity contribution is 5.95. The van der Waals surface area contributed by atoms with Gasteiger partial charge in [0.2, 0.25) is 5.91 Å². The Labute approximate surface area is 199 Å². The first-order valence-corrected chi connectivity index (χ1v) is 11.2. The Hall–Kier alpha value is -3.91. The average molecular weight is 456 g/mol. The number of carbonyl (C=O) groups is 1. The molecule has 34 heavy (non-hydrogen) atoms. The number of aryl methyl sites for hydroxylation is 2. The lowest BCUT2D eigenvalue weighted by atomic mass is 10.0. The molecule has 0 saturated carbocycles. The van der Waals surface area contributed by atoms with E-state index in [4.69, 9.17) is 0 Å². The Morgan fingerprint density at radius 3 is 2.32 bits per heavy atom. The molecule has 0 bridgehead atoms. The van der Waals surface area contributed by atoms with Gasteiger partial charge in [-0.25, -0.2) is 15.0 Å². The number of benzene rings is 1. The number of hydrogen-bond donors (Lipinski definition) is 1. The Morgan fingerprint density at radius 1 is 0.971 bits per heavy atom. The van der Waals surface area contributed by atoms with Crippen molar-refractivity contribution in [3.63, 3.8) is 0 Å². The number of nitrogens with one attached hydrogen (secondary N) is 1. The summed E-state index contributed by atoms with van der Waals surface area (Å²) < 4.78 is 1.75. The van der Waals surface area contributed by atoms with Gasteiger partial charge in [0.05, 0.1) is 6.20 Å². The molecule has 2 unspecified atom stereocenters. The SMILES string of the molecule is Cc1ncc(C(C)CN(C)C(C(=O)Nc2ccc(-c3cnn(C)c3)cn2)c2ccccc2)cn1. The predicted octanol–water partition coefficient (Wildman–Crippen LogP) is 4.00. The average Bonchev–Trinajstić information content (AvgIpc) is 3.27. The molecule has 0 aliphatic heterocycles. The maximum Gasteiger partial charge on any atom is 0.247 e. The van der Waals surface area contributed by atoms with Crippen LogP contribution in [0.3, 0.4) is 0 Å². The van der Waals surface area contributed by atoms with E-state index in [-0.39, 0.29) is 11.8 Å². The van der Waals surface area contributed by atoms with Crippen molar-refractivity contribution in [1.82, 2.24) is 29.6 Å². The van der Waals surface area contributed by atoms with Crippen molar-refractivity contribution in [2.75, 3.05) is 18.9 Å². The molecular formula is C26H29N7O. The predicted molar refractivity (Wildman–Crippen MR) is 132 cm³/mol. The van der Waals surface area contributed by atoms with Crippen molar-refractivity contribution in [2.45, 2.75) is 25.8 Å². The molecule has 174 valence electrons. The minimum absolute atomic E-state index is 0.136. The second-order valence-electron chi connectivity index (χ2n) is 8.54. The van der Waals surface area contributed by atoms with Crippen LogP contribution in [0.4, 0.5) is 5.82 Å². The number of pyridine rings is 1. The van der Waals surface area contributed by atoms with Crippen molar-refractivity contribution in [1.29, 1.82) is 0 Å². The number of aromatic nitrogens is 5. The van der Waals surface area contributed by atoms with Crippen molar-refractivity contribution in [3.8, 4) is 11.1 Å². The molecule has 8 heteroatoms. The third-order valence-corrected chi connectivity index (χ3v) is 5.79. The van der Waals surface area contributed by atoms with Gasteiger partial charge in [-0.2, -0.15) is 5.10 Å². The summed E-state index contributed by atoms with van der Waals surface area (Å²) in [5.41, 5.74) is 3.87. The van der Waals surface area contributed by atoms with E-state index in [9.17, 15) is 4.79 Å². The van der Waals surface area contributed by atoms with Crippen LogP contribution in [-0.2, 0) is 11.8 Å². The summed E-state index contributed by atoms with van der Waals surface area (Å²) in [7, 11) is 3.83. The summed E-state index contributed by atoms with van der Waals surface area (Å²) in [6.07, 6.45) is 9.16. The van der Waals surface area contributed by atoms with Crippen LogP contribution in [0.1, 0.15) is 35.8 Å². The monoisotopic (exact) mass is 455 g/mol. The van der Waals surface area contributed by atoms with Gasteiger partial charge in [-0.3, -0.25) is 14.4 Å². The van der Waals surface area contributed by atoms with E-state index >= 15 is 0 Å². The van der Waals surface area contributed by atoms with Gasteiger partial charge in [0, 0.05) is 49.5 Å². The van der Waals surface area contributed by atoms with E-state index in [0.29, 0.717) is 12.4 Å². The lowest BCUT2D eigenvalue weighted by Gasteiger charge is -2.29. The minimum atomic E-state index is -0.477. The molecule has 3 aromatic heterocycles. The summed E-state index contributed by atoms with van der Waals surface area (Å²) in [4.78, 5) is 28.6. The second-order valence-corrected chi connectivity index (χ2v) is 8.54. The van der Waals surface area contributed by atoms with Crippen molar-refractivity contribution in [3.05, 3.63) is 90.4 Å². The zero-order valence-corrected chi connectivity index (χ0v) is 19.9. The zero-order valence-electron chi connectivity index (χ0n) is 19.9. The van der Waals surface area contributed by atoms with E-state index < -0.39 is 6.04 Å². The molecule has 0 aliphatic carbocycles. The van der Waals surface area contributed by atoms with Crippen LogP contribution in [-0.4, -0.2) is 49.1 Å². The molecule has 4 aromatic rings. The summed E-state index contributed by atoms with van der Waals surface area (Å²) in [5, 5.41) is 7.18. The van der Waals surface area contributed by atoms with E-state index in [1.54, 1.807) is 17.1 Å². The number of hydrogen-bond acceptors (Lipinski definition) is 6. The van der Waals surface area contributed by atoms with Gasteiger partial charge in [-0.05, 0) is 43.1 Å². The molecule has 1 aromatic carbocycles. The van der Waals surface area contributed by atoms with Gasteiger partial charge in [-0.15, -0.1) is 0 Å². The van der Waals surface area contributed by atoms with Crippen molar-refractivity contribution < 1.29 is 4.79 Å². The molecule has 1 N–H and O–H groups in total. The number of anilines is 1. The quantitative estimate of drug-likeness (QED) is 0.432. The van der Waals surface area contributed by atoms with Crippen molar-refractivity contribution >= 4 is 11.7 Å². The van der Waals surface area contributed by atoms with Gasteiger partial charge < -0.3 is 5.32 Å². The van der Waals surface area contributed by atoms with Crippen LogP contribution in [0, 0.1) is 6.92 Å². The Balaban J connectivity index is 1.51. The van der Waals surface area contributed by atoms with Gasteiger partial charge in [0.1, 0.15) is 17.7 Å². The zero-order chi connectivity index (χ0) is 24.1. The summed E-state index contributed by atoms with van der Waals surface area (Å²) in [6.45, 7) is 4.64. The molecule has 0 spiro atoms. The third kappa shape index (κ3) is 5.52. The lowest BCUT2D eigenvalue weighted by Crippen LogP contribution is -2.37. The fourth-order valence-corrected chi connectivity index (χ4v) is 3.94. The number of carbonyl (C=O) groups excluding carboxylic acids is 1. The number of likely N-dealkylation sites (N-methyl/N-ethyl adjacent to an activating group) is 1. The maximum absolute atomic E-state index is 13.4. The van der Waals surface area contributed by atoms with Gasteiger partial charge in [0.25, 0.3) is 0 Å². The second kappa shape index (κ2) is 10.4. The molecule has 8 nitrogen and oxygen atoms in total. The van der Waals surface area contributed by atoms with E-state index in [1.165, 1.54) is 0 Å². The first-order valence-electron chi connectivity index (χ1n) is 11.2. The molecule has 3 heterocycles. The van der Waals surface area contributed by atoms with Crippen LogP contribution >= 0.6 is 0 Å². The smallest absolute Gasteiger partial charge is 0.247 e. The summed E-state index contributed by atoms with van der Waals surface area (Å²) >= 11 is 0. The van der Waals surface area contributed by atoms with Crippen LogP contribution in [0.2, 0.25) is 0 Å². The molecular weight excluding hydrogens is 426 g/mol. The molecule has 0 radical (unpaired) electrons. The van der Waals surface area contributed by atoms with Gasteiger partial charge in [0.15, 0.2) is 0 Å². The first kappa shape index (κ1) is 23.3. The third-order valence-electron chi connectivity index (χ3n) is 5.79. The molecule has 0 aliphatic rings. The lowest BCUT2D eigenvalue weighted by molar-refractivity contribution is -0.121. The fraction of sp³-hybridized carbons (Fsp3) is 0.269. The van der Waals surface area contributed by atoms with Gasteiger partial charge >= 0.3 is 0 Å². The van der Waals surface area contributed by atoms with E-state index in [1.807, 2.05) is 82.1 Å². The number of amides is 1. The Morgan fingerprint density at radius 2 is 1.71 bits per heavy atom. The molecule has 1 amide bonds. The summed E-state index contributed by atoms with van der Waals surface area (Å²) in [5.74, 6) is 1.27. The minimum Gasteiger partial charge on any atom is -0.309 e. The topological polar surface area (TPSA) is 88.8 Å². The standard InChI is InChI=1S/C26H29N7O/c1-18(22-13-27-19(2)28-14-22)16-32(3)25(20-8-6-5-7-9-20)26(34)31-24-11-10-21(12-29-24)23-15-30-33(4)17-23/h5-15,17-18,25H,16H2,1-4H3,(H,29,31,34). The number of rotatable bonds is 8. The Bertz CT molecular complexity index is 1220. The highest BCUT2D eigenvalue weighted by Gasteiger charge is 2.27. The van der Waals surface area contributed by atoms with E-state index in [0.717, 1.165) is 28.1 Å². The molecule has 4 rings (SSSR count). The maximum atomic E-state index is 13.4. The normalized spacial score (nSPS) is 13.0. The number of nitrogens with zero attached hydrogens (tertiary/aromatic N) is 6. The highest BCUT2D eigenvalue weighted by Crippen LogP contribution is 2.25. The van der Waals surface area contributed by atoms with Gasteiger partial charge in [-0.1, -0.05) is 37.3 Å².